The van der Waals surface area contributed by atoms with Gasteiger partial charge in [0.1, 0.15) is 0 Å². The van der Waals surface area contributed by atoms with Crippen LogP contribution in [0.3, 0.4) is 0 Å². The topological polar surface area (TPSA) is 61.4 Å². The van der Waals surface area contributed by atoms with Crippen LogP contribution >= 0.6 is 0 Å². The van der Waals surface area contributed by atoms with Gasteiger partial charge >= 0.3 is 11.8 Å². The summed E-state index contributed by atoms with van der Waals surface area (Å²) in [6.45, 7) is 5.82. The van der Waals surface area contributed by atoms with Crippen molar-refractivity contribution in [2.45, 2.75) is 20.8 Å². The minimum absolute atomic E-state index is 0.582. The van der Waals surface area contributed by atoms with Crippen LogP contribution in [0.4, 0.5) is 17.1 Å². The van der Waals surface area contributed by atoms with Gasteiger partial charge in [0.15, 0.2) is 0 Å². The van der Waals surface area contributed by atoms with Crippen molar-refractivity contribution < 1.29 is 9.59 Å². The summed E-state index contributed by atoms with van der Waals surface area (Å²) in [7, 11) is 3.88. The molecular formula is C19H23N3O2. The molecule has 0 aromatic heterocycles. The van der Waals surface area contributed by atoms with Gasteiger partial charge in [0.2, 0.25) is 0 Å². The Labute approximate surface area is 142 Å². The van der Waals surface area contributed by atoms with Crippen LogP contribution in [-0.2, 0) is 9.59 Å². The highest BCUT2D eigenvalue weighted by atomic mass is 16.2. The van der Waals surface area contributed by atoms with E-state index < -0.39 is 11.8 Å². The largest absolute Gasteiger partial charge is 0.378 e. The lowest BCUT2D eigenvalue weighted by molar-refractivity contribution is -0.133. The number of hydrogen-bond acceptors (Lipinski definition) is 3. The Hall–Kier alpha value is -2.82. The van der Waals surface area contributed by atoms with Gasteiger partial charge in [-0.3, -0.25) is 9.59 Å². The molecule has 0 unspecified atom stereocenters. The molecule has 5 heteroatoms. The predicted molar refractivity (Wildman–Crippen MR) is 98.7 cm³/mol. The van der Waals surface area contributed by atoms with Gasteiger partial charge in [-0.05, 0) is 56.2 Å². The number of benzene rings is 2. The Bertz CT molecular complexity index is 742. The van der Waals surface area contributed by atoms with E-state index in [2.05, 4.69) is 10.6 Å². The number of aryl methyl sites for hydroxylation is 3. The molecule has 2 aromatic rings. The van der Waals surface area contributed by atoms with Crippen molar-refractivity contribution in [1.82, 2.24) is 0 Å². The zero-order valence-electron chi connectivity index (χ0n) is 14.7. The molecular weight excluding hydrogens is 302 g/mol. The second-order valence-electron chi connectivity index (χ2n) is 6.12. The number of nitrogens with one attached hydrogen (secondary N) is 2. The summed E-state index contributed by atoms with van der Waals surface area (Å²) in [5.74, 6) is -1.37. The van der Waals surface area contributed by atoms with Crippen molar-refractivity contribution in [2.24, 2.45) is 0 Å². The number of carbonyl (C=O) groups excluding carboxylic acids is 2. The van der Waals surface area contributed by atoms with Crippen molar-refractivity contribution in [3.05, 3.63) is 53.1 Å². The molecule has 5 nitrogen and oxygen atoms in total. The summed E-state index contributed by atoms with van der Waals surface area (Å²) in [5.41, 5.74) is 5.27. The first-order chi connectivity index (χ1) is 11.3. The maximum atomic E-state index is 12.1. The number of rotatable bonds is 3. The molecule has 0 saturated carbocycles. The lowest BCUT2D eigenvalue weighted by Gasteiger charge is -2.14. The van der Waals surface area contributed by atoms with Gasteiger partial charge in [0, 0.05) is 31.2 Å². The van der Waals surface area contributed by atoms with Crippen molar-refractivity contribution in [3.63, 3.8) is 0 Å². The van der Waals surface area contributed by atoms with E-state index in [0.717, 1.165) is 22.4 Å². The van der Waals surface area contributed by atoms with Gasteiger partial charge in [0.25, 0.3) is 0 Å². The summed E-state index contributed by atoms with van der Waals surface area (Å²) < 4.78 is 0. The van der Waals surface area contributed by atoms with Crippen LogP contribution < -0.4 is 15.5 Å². The maximum Gasteiger partial charge on any atom is 0.314 e. The van der Waals surface area contributed by atoms with Crippen LogP contribution in [0, 0.1) is 20.8 Å². The number of hydrogen-bond donors (Lipinski definition) is 2. The fraction of sp³-hybridized carbons (Fsp3) is 0.263. The molecule has 0 spiro atoms. The Morgan fingerprint density at radius 2 is 1.33 bits per heavy atom. The summed E-state index contributed by atoms with van der Waals surface area (Å²) >= 11 is 0. The lowest BCUT2D eigenvalue weighted by atomic mass is 10.1. The van der Waals surface area contributed by atoms with Gasteiger partial charge in [-0.15, -0.1) is 0 Å². The first-order valence-corrected chi connectivity index (χ1v) is 7.75. The number of anilines is 3. The van der Waals surface area contributed by atoms with Crippen LogP contribution in [0.1, 0.15) is 16.7 Å². The predicted octanol–water partition coefficient (Wildman–Crippen LogP) is 3.26. The van der Waals surface area contributed by atoms with Gasteiger partial charge < -0.3 is 15.5 Å². The van der Waals surface area contributed by atoms with E-state index in [0.29, 0.717) is 11.4 Å². The van der Waals surface area contributed by atoms with Crippen molar-refractivity contribution in [3.8, 4) is 0 Å². The standard InChI is InChI=1S/C19H23N3O2/c1-12-10-13(2)17(14(3)11-12)21-19(24)18(23)20-15-6-8-16(9-7-15)22(4)5/h6-11H,1-5H3,(H,20,23)(H,21,24). The monoisotopic (exact) mass is 325 g/mol. The second kappa shape index (κ2) is 7.17. The van der Waals surface area contributed by atoms with Crippen molar-refractivity contribution in [1.29, 1.82) is 0 Å². The first kappa shape index (κ1) is 17.5. The SMILES string of the molecule is Cc1cc(C)c(NC(=O)C(=O)Nc2ccc(N(C)C)cc2)c(C)c1. The number of carbonyl (C=O) groups is 2. The van der Waals surface area contributed by atoms with E-state index in [9.17, 15) is 9.59 Å². The molecule has 0 saturated heterocycles. The minimum Gasteiger partial charge on any atom is -0.378 e. The van der Waals surface area contributed by atoms with Crippen molar-refractivity contribution >= 4 is 28.9 Å². The zero-order valence-corrected chi connectivity index (χ0v) is 14.7. The fourth-order valence-corrected chi connectivity index (χ4v) is 2.58. The maximum absolute atomic E-state index is 12.1. The van der Waals surface area contributed by atoms with E-state index in [4.69, 9.17) is 0 Å². The highest BCUT2D eigenvalue weighted by Crippen LogP contribution is 2.22. The number of nitrogens with zero attached hydrogens (tertiary/aromatic N) is 1. The van der Waals surface area contributed by atoms with Gasteiger partial charge in [-0.1, -0.05) is 17.7 Å². The highest BCUT2D eigenvalue weighted by Gasteiger charge is 2.16. The molecule has 0 fully saturated rings. The van der Waals surface area contributed by atoms with E-state index in [1.165, 1.54) is 0 Å². The van der Waals surface area contributed by atoms with E-state index >= 15 is 0 Å². The molecule has 2 N–H and O–H groups in total. The van der Waals surface area contributed by atoms with Crippen LogP contribution in [0.25, 0.3) is 0 Å². The molecule has 0 bridgehead atoms. The third kappa shape index (κ3) is 4.13. The third-order valence-corrected chi connectivity index (χ3v) is 3.76. The Kier molecular flexibility index (Phi) is 5.24. The molecule has 0 aliphatic heterocycles. The Balaban J connectivity index is 2.06. The van der Waals surface area contributed by atoms with Crippen LogP contribution in [0.15, 0.2) is 36.4 Å². The average Bonchev–Trinajstić information content (AvgIpc) is 2.51. The second-order valence-corrected chi connectivity index (χ2v) is 6.12. The minimum atomic E-state index is -0.688. The van der Waals surface area contributed by atoms with Crippen LogP contribution in [0.2, 0.25) is 0 Å². The molecule has 0 aliphatic rings. The van der Waals surface area contributed by atoms with E-state index in [-0.39, 0.29) is 0 Å². The molecule has 0 radical (unpaired) electrons. The smallest absolute Gasteiger partial charge is 0.314 e. The molecule has 2 aromatic carbocycles. The van der Waals surface area contributed by atoms with Crippen LogP contribution in [0.5, 0.6) is 0 Å². The van der Waals surface area contributed by atoms with Crippen molar-refractivity contribution in [2.75, 3.05) is 29.6 Å². The molecule has 2 rings (SSSR count). The average molecular weight is 325 g/mol. The quantitative estimate of drug-likeness (QED) is 0.852. The fourth-order valence-electron chi connectivity index (χ4n) is 2.58. The zero-order chi connectivity index (χ0) is 17.9. The third-order valence-electron chi connectivity index (χ3n) is 3.76. The highest BCUT2D eigenvalue weighted by molar-refractivity contribution is 6.43. The summed E-state index contributed by atoms with van der Waals surface area (Å²) in [4.78, 5) is 26.2. The molecule has 0 aliphatic carbocycles. The Morgan fingerprint density at radius 3 is 1.83 bits per heavy atom. The first-order valence-electron chi connectivity index (χ1n) is 7.75. The molecule has 0 atom stereocenters. The van der Waals surface area contributed by atoms with Gasteiger partial charge in [-0.2, -0.15) is 0 Å². The van der Waals surface area contributed by atoms with E-state index in [1.807, 2.05) is 64.0 Å². The summed E-state index contributed by atoms with van der Waals surface area (Å²) in [6, 6.07) is 11.2. The number of amides is 2. The van der Waals surface area contributed by atoms with E-state index in [1.54, 1.807) is 12.1 Å². The molecule has 2 amide bonds. The Morgan fingerprint density at radius 1 is 0.833 bits per heavy atom. The lowest BCUT2D eigenvalue weighted by Crippen LogP contribution is -2.29. The normalized spacial score (nSPS) is 10.2. The molecule has 126 valence electrons. The van der Waals surface area contributed by atoms with Gasteiger partial charge in [0.05, 0.1) is 0 Å². The van der Waals surface area contributed by atoms with Gasteiger partial charge in [-0.25, -0.2) is 0 Å². The van der Waals surface area contributed by atoms with Crippen LogP contribution in [-0.4, -0.2) is 25.9 Å². The molecule has 24 heavy (non-hydrogen) atoms. The summed E-state index contributed by atoms with van der Waals surface area (Å²) in [5, 5.41) is 5.31. The molecule has 0 heterocycles. The summed E-state index contributed by atoms with van der Waals surface area (Å²) in [6.07, 6.45) is 0.